The third-order valence-electron chi connectivity index (χ3n) is 3.39. The summed E-state index contributed by atoms with van der Waals surface area (Å²) < 4.78 is 67.2. The second-order valence-electron chi connectivity index (χ2n) is 5.27. The number of benzene rings is 2. The van der Waals surface area contributed by atoms with Gasteiger partial charge in [0.25, 0.3) is 5.89 Å². The highest BCUT2D eigenvalue weighted by Crippen LogP contribution is 2.32. The summed E-state index contributed by atoms with van der Waals surface area (Å²) >= 11 is 0. The molecule has 0 atom stereocenters. The molecular weight excluding hydrogens is 357 g/mol. The summed E-state index contributed by atoms with van der Waals surface area (Å²) in [7, 11) is -3.54. The smallest absolute Gasteiger partial charge is 0.334 e. The van der Waals surface area contributed by atoms with Crippen molar-refractivity contribution in [1.29, 1.82) is 0 Å². The molecule has 0 aliphatic carbocycles. The molecular formula is C16H11F3N2O3S. The van der Waals surface area contributed by atoms with Crippen LogP contribution in [0.15, 0.2) is 57.9 Å². The van der Waals surface area contributed by atoms with Gasteiger partial charge in [-0.25, -0.2) is 8.42 Å². The fourth-order valence-corrected chi connectivity index (χ4v) is 3.13. The van der Waals surface area contributed by atoms with E-state index in [-0.39, 0.29) is 27.7 Å². The lowest BCUT2D eigenvalue weighted by Crippen LogP contribution is -2.04. The van der Waals surface area contributed by atoms with Gasteiger partial charge >= 0.3 is 6.18 Å². The highest BCUT2D eigenvalue weighted by Gasteiger charge is 2.31. The van der Waals surface area contributed by atoms with Gasteiger partial charge in [0.2, 0.25) is 5.82 Å². The zero-order valence-corrected chi connectivity index (χ0v) is 13.6. The Kier molecular flexibility index (Phi) is 4.11. The Morgan fingerprint density at radius 3 is 2.44 bits per heavy atom. The van der Waals surface area contributed by atoms with Gasteiger partial charge in [-0.15, -0.1) is 0 Å². The highest BCUT2D eigenvalue weighted by molar-refractivity contribution is 7.90. The van der Waals surface area contributed by atoms with Crippen LogP contribution in [-0.2, 0) is 16.0 Å². The van der Waals surface area contributed by atoms with E-state index < -0.39 is 21.6 Å². The van der Waals surface area contributed by atoms with Crippen molar-refractivity contribution in [2.24, 2.45) is 0 Å². The number of alkyl halides is 3. The lowest BCUT2D eigenvalue weighted by Gasteiger charge is -2.06. The predicted octanol–water partition coefficient (Wildman–Crippen LogP) is 3.83. The van der Waals surface area contributed by atoms with Gasteiger partial charge in [0.15, 0.2) is 9.84 Å². The summed E-state index contributed by atoms with van der Waals surface area (Å²) in [6, 6.07) is 10.5. The average Bonchev–Trinajstić information content (AvgIpc) is 3.03. The number of aromatic nitrogens is 2. The van der Waals surface area contributed by atoms with Crippen molar-refractivity contribution >= 4 is 9.84 Å². The van der Waals surface area contributed by atoms with Crippen LogP contribution in [0.4, 0.5) is 13.2 Å². The molecule has 0 aliphatic rings. The molecule has 0 fully saturated rings. The Bertz CT molecular complexity index is 1030. The molecule has 130 valence electrons. The van der Waals surface area contributed by atoms with Crippen LogP contribution in [0.3, 0.4) is 0 Å². The Labute approximate surface area is 141 Å². The first-order chi connectivity index (χ1) is 11.7. The molecule has 2 aromatic carbocycles. The number of nitrogens with zero attached hydrogens (tertiary/aromatic N) is 2. The van der Waals surface area contributed by atoms with E-state index in [2.05, 4.69) is 10.1 Å². The van der Waals surface area contributed by atoms with Crippen LogP contribution in [-0.4, -0.2) is 24.8 Å². The number of halogens is 3. The van der Waals surface area contributed by atoms with Crippen molar-refractivity contribution in [3.05, 3.63) is 54.1 Å². The standard InChI is InChI=1S/C16H11F3N2O3S/c1-25(22,23)13-8-3-2-7-12(13)15-20-14(21-24-15)10-5-4-6-11(9-10)16(17,18)19/h2-9H,1H3. The molecule has 25 heavy (non-hydrogen) atoms. The van der Waals surface area contributed by atoms with E-state index in [0.717, 1.165) is 18.4 Å². The van der Waals surface area contributed by atoms with Crippen molar-refractivity contribution in [3.63, 3.8) is 0 Å². The summed E-state index contributed by atoms with van der Waals surface area (Å²) in [5.41, 5.74) is -0.537. The molecule has 5 nitrogen and oxygen atoms in total. The van der Waals surface area contributed by atoms with Gasteiger partial charge in [0, 0.05) is 11.8 Å². The van der Waals surface area contributed by atoms with Gasteiger partial charge in [-0.2, -0.15) is 18.2 Å². The molecule has 9 heteroatoms. The molecule has 0 N–H and O–H groups in total. The first-order valence-corrected chi connectivity index (χ1v) is 8.86. The Morgan fingerprint density at radius 1 is 1.04 bits per heavy atom. The minimum absolute atomic E-state index is 0.00533. The van der Waals surface area contributed by atoms with Crippen molar-refractivity contribution in [3.8, 4) is 22.8 Å². The monoisotopic (exact) mass is 368 g/mol. The van der Waals surface area contributed by atoms with E-state index in [9.17, 15) is 21.6 Å². The van der Waals surface area contributed by atoms with Crippen LogP contribution in [0.1, 0.15) is 5.56 Å². The maximum Gasteiger partial charge on any atom is 0.416 e. The molecule has 0 bridgehead atoms. The molecule has 1 aromatic heterocycles. The van der Waals surface area contributed by atoms with E-state index in [1.807, 2.05) is 0 Å². The molecule has 0 saturated carbocycles. The zero-order valence-electron chi connectivity index (χ0n) is 12.8. The van der Waals surface area contributed by atoms with Crippen LogP contribution in [0.25, 0.3) is 22.8 Å². The minimum Gasteiger partial charge on any atom is -0.334 e. The van der Waals surface area contributed by atoms with Gasteiger partial charge in [0.05, 0.1) is 16.0 Å². The van der Waals surface area contributed by atoms with Crippen LogP contribution in [0.2, 0.25) is 0 Å². The van der Waals surface area contributed by atoms with Crippen LogP contribution in [0, 0.1) is 0 Å². The van der Waals surface area contributed by atoms with E-state index in [0.29, 0.717) is 0 Å². The second-order valence-corrected chi connectivity index (χ2v) is 7.25. The number of sulfone groups is 1. The van der Waals surface area contributed by atoms with Gasteiger partial charge in [0.1, 0.15) is 0 Å². The minimum atomic E-state index is -4.49. The maximum atomic E-state index is 12.8. The molecule has 3 rings (SSSR count). The Morgan fingerprint density at radius 2 is 1.76 bits per heavy atom. The molecule has 1 heterocycles. The van der Waals surface area contributed by atoms with Gasteiger partial charge < -0.3 is 4.52 Å². The van der Waals surface area contributed by atoms with Crippen LogP contribution in [0.5, 0.6) is 0 Å². The molecule has 3 aromatic rings. The summed E-state index contributed by atoms with van der Waals surface area (Å²) in [6.45, 7) is 0. The summed E-state index contributed by atoms with van der Waals surface area (Å²) in [5.74, 6) is -0.155. The van der Waals surface area contributed by atoms with Crippen molar-refractivity contribution in [2.45, 2.75) is 11.1 Å². The van der Waals surface area contributed by atoms with E-state index in [4.69, 9.17) is 4.52 Å². The van der Waals surface area contributed by atoms with E-state index in [1.54, 1.807) is 12.1 Å². The molecule has 0 radical (unpaired) electrons. The van der Waals surface area contributed by atoms with E-state index in [1.165, 1.54) is 24.3 Å². The van der Waals surface area contributed by atoms with Crippen molar-refractivity contribution in [2.75, 3.05) is 6.26 Å². The Balaban J connectivity index is 2.06. The fraction of sp³-hybridized carbons (Fsp3) is 0.125. The molecule has 0 aliphatic heterocycles. The molecule has 0 unspecified atom stereocenters. The summed E-state index contributed by atoms with van der Waals surface area (Å²) in [4.78, 5) is 4.03. The highest BCUT2D eigenvalue weighted by atomic mass is 32.2. The molecule has 0 saturated heterocycles. The van der Waals surface area contributed by atoms with Gasteiger partial charge in [-0.05, 0) is 24.3 Å². The third kappa shape index (κ3) is 3.55. The Hall–Kier alpha value is -2.68. The fourth-order valence-electron chi connectivity index (χ4n) is 2.25. The largest absolute Gasteiger partial charge is 0.416 e. The lowest BCUT2D eigenvalue weighted by atomic mass is 10.1. The summed E-state index contributed by atoms with van der Waals surface area (Å²) in [6.07, 6.45) is -3.46. The number of hydrogen-bond donors (Lipinski definition) is 0. The molecule has 0 spiro atoms. The maximum absolute atomic E-state index is 12.8. The second kappa shape index (κ2) is 5.99. The quantitative estimate of drug-likeness (QED) is 0.703. The average molecular weight is 368 g/mol. The summed E-state index contributed by atoms with van der Waals surface area (Å²) in [5, 5.41) is 3.66. The van der Waals surface area contributed by atoms with Crippen molar-refractivity contribution in [1.82, 2.24) is 10.1 Å². The number of hydrogen-bond acceptors (Lipinski definition) is 5. The first kappa shape index (κ1) is 17.2. The zero-order chi connectivity index (χ0) is 18.2. The van der Waals surface area contributed by atoms with Crippen LogP contribution < -0.4 is 0 Å². The third-order valence-corrected chi connectivity index (χ3v) is 4.55. The molecule has 0 amide bonds. The van der Waals surface area contributed by atoms with Crippen molar-refractivity contribution < 1.29 is 26.1 Å². The first-order valence-electron chi connectivity index (χ1n) is 6.97. The normalized spacial score (nSPS) is 12.3. The van der Waals surface area contributed by atoms with Gasteiger partial charge in [-0.3, -0.25) is 0 Å². The van der Waals surface area contributed by atoms with Gasteiger partial charge in [-0.1, -0.05) is 29.4 Å². The topological polar surface area (TPSA) is 73.1 Å². The van der Waals surface area contributed by atoms with E-state index >= 15 is 0 Å². The SMILES string of the molecule is CS(=O)(=O)c1ccccc1-c1nc(-c2cccc(C(F)(F)F)c2)no1. The predicted molar refractivity (Wildman–Crippen MR) is 83.3 cm³/mol. The van der Waals surface area contributed by atoms with Crippen LogP contribution >= 0.6 is 0 Å². The lowest BCUT2D eigenvalue weighted by molar-refractivity contribution is -0.137. The number of rotatable bonds is 3.